The third-order valence-corrected chi connectivity index (χ3v) is 6.16. The standard InChI is InChI=1S/C22H22IN5O2/c1-24-15-4-5-17-18(12-15)21(25-13-14-3-6-20(30-2)19(23)11-14)26-27-22(17)28-9-7-16(29)8-10-28/h3-6,11-12,16,29H,7-10,13H2,2H3,(H,25,26). The normalized spacial score (nSPS) is 14.5. The lowest BCUT2D eigenvalue weighted by atomic mass is 10.1. The van der Waals surface area contributed by atoms with Crippen LogP contribution in [0.3, 0.4) is 0 Å². The molecule has 2 aromatic carbocycles. The van der Waals surface area contributed by atoms with Crippen molar-refractivity contribution in [1.29, 1.82) is 0 Å². The van der Waals surface area contributed by atoms with Gasteiger partial charge in [0, 0.05) is 30.4 Å². The number of halogens is 1. The fraction of sp³-hybridized carbons (Fsp3) is 0.318. The van der Waals surface area contributed by atoms with Crippen LogP contribution in [0.25, 0.3) is 15.6 Å². The first-order valence-corrected chi connectivity index (χ1v) is 10.8. The number of hydrogen-bond donors (Lipinski definition) is 2. The van der Waals surface area contributed by atoms with E-state index in [4.69, 9.17) is 11.3 Å². The number of piperidine rings is 1. The van der Waals surface area contributed by atoms with Crippen LogP contribution in [0.1, 0.15) is 18.4 Å². The molecule has 2 heterocycles. The van der Waals surface area contributed by atoms with E-state index in [1.807, 2.05) is 30.3 Å². The molecule has 0 atom stereocenters. The molecule has 1 aliphatic heterocycles. The Morgan fingerprint density at radius 1 is 1.20 bits per heavy atom. The number of fused-ring (bicyclic) bond motifs is 1. The van der Waals surface area contributed by atoms with Crippen molar-refractivity contribution in [1.82, 2.24) is 10.2 Å². The third-order valence-electron chi connectivity index (χ3n) is 5.31. The molecule has 1 fully saturated rings. The Morgan fingerprint density at radius 3 is 2.70 bits per heavy atom. The van der Waals surface area contributed by atoms with Gasteiger partial charge in [0.05, 0.1) is 23.4 Å². The second-order valence-corrected chi connectivity index (χ2v) is 8.42. The quantitative estimate of drug-likeness (QED) is 0.389. The van der Waals surface area contributed by atoms with E-state index in [-0.39, 0.29) is 6.10 Å². The SMILES string of the molecule is [C-]#[N+]c1ccc2c(N3CCC(O)CC3)nnc(NCc3ccc(OC)c(I)c3)c2c1. The highest BCUT2D eigenvalue weighted by molar-refractivity contribution is 14.1. The molecular weight excluding hydrogens is 493 g/mol. The number of nitrogens with one attached hydrogen (secondary N) is 1. The van der Waals surface area contributed by atoms with Crippen molar-refractivity contribution in [2.75, 3.05) is 30.4 Å². The van der Waals surface area contributed by atoms with Gasteiger partial charge in [0.2, 0.25) is 0 Å². The summed E-state index contributed by atoms with van der Waals surface area (Å²) >= 11 is 2.26. The molecule has 8 heteroatoms. The monoisotopic (exact) mass is 515 g/mol. The zero-order valence-electron chi connectivity index (χ0n) is 16.6. The highest BCUT2D eigenvalue weighted by Gasteiger charge is 2.21. The summed E-state index contributed by atoms with van der Waals surface area (Å²) in [6.07, 6.45) is 1.20. The molecule has 0 spiro atoms. The number of nitrogens with zero attached hydrogens (tertiary/aromatic N) is 4. The van der Waals surface area contributed by atoms with Crippen molar-refractivity contribution >= 4 is 50.7 Å². The lowest BCUT2D eigenvalue weighted by Gasteiger charge is -2.31. The van der Waals surface area contributed by atoms with Crippen LogP contribution in [0.15, 0.2) is 36.4 Å². The second-order valence-electron chi connectivity index (χ2n) is 7.25. The number of aliphatic hydroxyl groups excluding tert-OH is 1. The van der Waals surface area contributed by atoms with Gasteiger partial charge >= 0.3 is 0 Å². The van der Waals surface area contributed by atoms with E-state index >= 15 is 0 Å². The molecule has 2 N–H and O–H groups in total. The van der Waals surface area contributed by atoms with Gasteiger partial charge in [-0.05, 0) is 59.2 Å². The Labute approximate surface area is 189 Å². The van der Waals surface area contributed by atoms with Gasteiger partial charge in [-0.25, -0.2) is 4.85 Å². The first-order valence-electron chi connectivity index (χ1n) is 9.76. The molecule has 0 amide bonds. The van der Waals surface area contributed by atoms with E-state index < -0.39 is 0 Å². The van der Waals surface area contributed by atoms with Gasteiger partial charge in [0.1, 0.15) is 5.75 Å². The predicted molar refractivity (Wildman–Crippen MR) is 126 cm³/mol. The van der Waals surface area contributed by atoms with E-state index in [0.29, 0.717) is 18.1 Å². The topological polar surface area (TPSA) is 74.9 Å². The molecule has 7 nitrogen and oxygen atoms in total. The number of methoxy groups -OCH3 is 1. The average Bonchev–Trinajstić information content (AvgIpc) is 2.77. The van der Waals surface area contributed by atoms with Crippen molar-refractivity contribution in [3.8, 4) is 5.75 Å². The lowest BCUT2D eigenvalue weighted by molar-refractivity contribution is 0.145. The summed E-state index contributed by atoms with van der Waals surface area (Å²) < 4.78 is 6.37. The molecule has 0 saturated carbocycles. The minimum atomic E-state index is -0.248. The van der Waals surface area contributed by atoms with Crippen molar-refractivity contribution in [3.63, 3.8) is 0 Å². The van der Waals surface area contributed by atoms with Crippen LogP contribution in [0.2, 0.25) is 0 Å². The average molecular weight is 515 g/mol. The maximum absolute atomic E-state index is 9.82. The Hall–Kier alpha value is -2.64. The Morgan fingerprint density at radius 2 is 2.00 bits per heavy atom. The van der Waals surface area contributed by atoms with E-state index in [1.165, 1.54) is 0 Å². The molecule has 0 bridgehead atoms. The molecule has 3 aromatic rings. The molecule has 4 rings (SSSR count). The van der Waals surface area contributed by atoms with E-state index in [2.05, 4.69) is 53.9 Å². The van der Waals surface area contributed by atoms with Gasteiger partial charge < -0.3 is 20.1 Å². The molecule has 1 aliphatic rings. The van der Waals surface area contributed by atoms with E-state index in [0.717, 1.165) is 57.4 Å². The molecule has 0 radical (unpaired) electrons. The van der Waals surface area contributed by atoms with Crippen LogP contribution in [0.4, 0.5) is 17.3 Å². The Bertz CT molecular complexity index is 1110. The summed E-state index contributed by atoms with van der Waals surface area (Å²) in [6, 6.07) is 11.7. The van der Waals surface area contributed by atoms with Gasteiger partial charge in [0.25, 0.3) is 0 Å². The minimum Gasteiger partial charge on any atom is -0.496 e. The van der Waals surface area contributed by atoms with Gasteiger partial charge in [-0.2, -0.15) is 0 Å². The van der Waals surface area contributed by atoms with Crippen LogP contribution in [0, 0.1) is 10.1 Å². The van der Waals surface area contributed by atoms with Crippen LogP contribution in [-0.4, -0.2) is 41.6 Å². The number of hydrogen-bond acceptors (Lipinski definition) is 6. The third kappa shape index (κ3) is 4.27. The van der Waals surface area contributed by atoms with E-state index in [1.54, 1.807) is 7.11 Å². The van der Waals surface area contributed by atoms with Crippen molar-refractivity contribution in [2.45, 2.75) is 25.5 Å². The maximum atomic E-state index is 9.82. The number of benzene rings is 2. The smallest absolute Gasteiger partial charge is 0.188 e. The minimum absolute atomic E-state index is 0.248. The first-order chi connectivity index (χ1) is 14.6. The maximum Gasteiger partial charge on any atom is 0.188 e. The van der Waals surface area contributed by atoms with Crippen LogP contribution < -0.4 is 15.0 Å². The predicted octanol–water partition coefficient (Wildman–Crippen LogP) is 4.37. The summed E-state index contributed by atoms with van der Waals surface area (Å²) in [5, 5.41) is 24.0. The lowest BCUT2D eigenvalue weighted by Crippen LogP contribution is -2.36. The summed E-state index contributed by atoms with van der Waals surface area (Å²) in [4.78, 5) is 5.74. The fourth-order valence-corrected chi connectivity index (χ4v) is 4.45. The zero-order chi connectivity index (χ0) is 21.1. The highest BCUT2D eigenvalue weighted by Crippen LogP contribution is 2.33. The van der Waals surface area contributed by atoms with Crippen molar-refractivity contribution < 1.29 is 9.84 Å². The van der Waals surface area contributed by atoms with Gasteiger partial charge in [-0.1, -0.05) is 18.2 Å². The molecule has 1 saturated heterocycles. The summed E-state index contributed by atoms with van der Waals surface area (Å²) in [5.41, 5.74) is 1.67. The van der Waals surface area contributed by atoms with Crippen LogP contribution in [-0.2, 0) is 6.54 Å². The number of rotatable bonds is 5. The van der Waals surface area contributed by atoms with Crippen LogP contribution >= 0.6 is 22.6 Å². The van der Waals surface area contributed by atoms with Crippen LogP contribution in [0.5, 0.6) is 5.75 Å². The van der Waals surface area contributed by atoms with Gasteiger partial charge in [0.15, 0.2) is 17.3 Å². The molecule has 1 aromatic heterocycles. The zero-order valence-corrected chi connectivity index (χ0v) is 18.8. The van der Waals surface area contributed by atoms with E-state index in [9.17, 15) is 5.11 Å². The van der Waals surface area contributed by atoms with Gasteiger partial charge in [-0.3, -0.25) is 0 Å². The number of aliphatic hydroxyl groups is 1. The fourth-order valence-electron chi connectivity index (χ4n) is 3.65. The molecule has 154 valence electrons. The molecule has 30 heavy (non-hydrogen) atoms. The van der Waals surface area contributed by atoms with Gasteiger partial charge in [-0.15, -0.1) is 10.2 Å². The van der Waals surface area contributed by atoms with Crippen molar-refractivity contribution in [2.24, 2.45) is 0 Å². The molecule has 0 aliphatic carbocycles. The number of anilines is 2. The second kappa shape index (κ2) is 9.02. The first kappa shape index (κ1) is 20.6. The summed E-state index contributed by atoms with van der Waals surface area (Å²) in [5.74, 6) is 2.31. The number of ether oxygens (including phenoxy) is 1. The largest absolute Gasteiger partial charge is 0.496 e. The summed E-state index contributed by atoms with van der Waals surface area (Å²) in [7, 11) is 1.66. The number of aromatic nitrogens is 2. The highest BCUT2D eigenvalue weighted by atomic mass is 127. The Kier molecular flexibility index (Phi) is 6.20. The Balaban J connectivity index is 1.65. The molecule has 0 unspecified atom stereocenters. The molecular formula is C22H22IN5O2. The summed E-state index contributed by atoms with van der Waals surface area (Å²) in [6.45, 7) is 9.45. The van der Waals surface area contributed by atoms with Crippen molar-refractivity contribution in [3.05, 3.63) is 56.9 Å².